The van der Waals surface area contributed by atoms with Crippen LogP contribution in [0.5, 0.6) is 0 Å². The fourth-order valence-electron chi connectivity index (χ4n) is 2.17. The lowest BCUT2D eigenvalue weighted by atomic mass is 10.2. The lowest BCUT2D eigenvalue weighted by Crippen LogP contribution is -2.21. The lowest BCUT2D eigenvalue weighted by Gasteiger charge is -2.05. The Labute approximate surface area is 124 Å². The molecule has 0 saturated heterocycles. The molecule has 8 heteroatoms. The summed E-state index contributed by atoms with van der Waals surface area (Å²) in [5.74, 6) is 0.295. The molecule has 0 spiro atoms. The van der Waals surface area contributed by atoms with Gasteiger partial charge in [-0.25, -0.2) is 9.97 Å². The molecule has 7 nitrogen and oxygen atoms in total. The minimum absolute atomic E-state index is 0.137. The summed E-state index contributed by atoms with van der Waals surface area (Å²) in [6, 6.07) is 4.85. The van der Waals surface area contributed by atoms with Gasteiger partial charge in [-0.05, 0) is 24.6 Å². The summed E-state index contributed by atoms with van der Waals surface area (Å²) in [5, 5.41) is 18.2. The minimum atomic E-state index is -1.19. The van der Waals surface area contributed by atoms with Gasteiger partial charge < -0.3 is 14.5 Å². The Morgan fingerprint density at radius 3 is 3.00 bits per heavy atom. The summed E-state index contributed by atoms with van der Waals surface area (Å²) < 4.78 is 2.05. The molecule has 2 aromatic heterocycles. The van der Waals surface area contributed by atoms with E-state index < -0.39 is 5.97 Å². The summed E-state index contributed by atoms with van der Waals surface area (Å²) >= 11 is 1.49. The van der Waals surface area contributed by atoms with Crippen molar-refractivity contribution in [1.82, 2.24) is 24.7 Å². The second kappa shape index (κ2) is 5.57. The number of fused-ring (bicyclic) bond motifs is 1. The van der Waals surface area contributed by atoms with E-state index in [-0.39, 0.29) is 5.56 Å². The molecule has 0 fully saturated rings. The van der Waals surface area contributed by atoms with Crippen LogP contribution >= 0.6 is 11.8 Å². The number of carbonyl (C=O) groups is 1. The molecule has 3 rings (SSSR count). The number of thioether (sulfide) groups is 1. The van der Waals surface area contributed by atoms with Crippen molar-refractivity contribution in [3.63, 3.8) is 0 Å². The number of aromatic amines is 1. The van der Waals surface area contributed by atoms with Crippen molar-refractivity contribution in [2.45, 2.75) is 24.4 Å². The van der Waals surface area contributed by atoms with E-state index in [1.165, 1.54) is 18.1 Å². The maximum atomic E-state index is 10.9. The van der Waals surface area contributed by atoms with Crippen LogP contribution in [-0.4, -0.2) is 30.7 Å². The van der Waals surface area contributed by atoms with E-state index in [9.17, 15) is 9.90 Å². The molecule has 0 unspecified atom stereocenters. The average Bonchev–Trinajstić information content (AvgIpc) is 3.11. The second-order valence-corrected chi connectivity index (χ2v) is 5.31. The zero-order valence-corrected chi connectivity index (χ0v) is 12.1. The van der Waals surface area contributed by atoms with E-state index in [4.69, 9.17) is 0 Å². The highest BCUT2D eigenvalue weighted by molar-refractivity contribution is 7.98. The maximum Gasteiger partial charge on any atom is 0.183 e. The molecule has 0 aliphatic rings. The number of aryl methyl sites for hydroxylation is 1. The van der Waals surface area contributed by atoms with Crippen LogP contribution in [-0.2, 0) is 12.3 Å². The third kappa shape index (κ3) is 2.62. The largest absolute Gasteiger partial charge is 0.545 e. The smallest absolute Gasteiger partial charge is 0.183 e. The third-order valence-electron chi connectivity index (χ3n) is 3.11. The number of H-pyrrole nitrogens is 1. The molecular weight excluding hydrogens is 290 g/mol. The number of carboxylic acids is 1. The maximum absolute atomic E-state index is 10.9. The Balaban J connectivity index is 1.95. The second-order valence-electron chi connectivity index (χ2n) is 4.34. The predicted octanol–water partition coefficient (Wildman–Crippen LogP) is 0.830. The van der Waals surface area contributed by atoms with E-state index >= 15 is 0 Å². The number of carboxylic acid groups (broad SMARTS) is 1. The molecular formula is C13H12N5O2S-. The number of aromatic nitrogens is 5. The number of hydrogen-bond acceptors (Lipinski definition) is 6. The first-order valence-electron chi connectivity index (χ1n) is 6.37. The summed E-state index contributed by atoms with van der Waals surface area (Å²) in [4.78, 5) is 19.5. The van der Waals surface area contributed by atoms with Crippen molar-refractivity contribution in [2.75, 3.05) is 0 Å². The van der Waals surface area contributed by atoms with Crippen LogP contribution in [0.25, 0.3) is 11.0 Å². The van der Waals surface area contributed by atoms with Gasteiger partial charge in [-0.1, -0.05) is 17.8 Å². The van der Waals surface area contributed by atoms with Crippen molar-refractivity contribution in [2.24, 2.45) is 0 Å². The predicted molar refractivity (Wildman–Crippen MR) is 75.7 cm³/mol. The number of benzene rings is 1. The fraction of sp³-hybridized carbons (Fsp3) is 0.231. The molecule has 0 bridgehead atoms. The van der Waals surface area contributed by atoms with Gasteiger partial charge in [0.05, 0.1) is 22.8 Å². The van der Waals surface area contributed by atoms with Crippen molar-refractivity contribution in [3.05, 3.63) is 35.9 Å². The monoisotopic (exact) mass is 302 g/mol. The van der Waals surface area contributed by atoms with E-state index in [1.54, 1.807) is 18.2 Å². The van der Waals surface area contributed by atoms with Crippen LogP contribution in [0.4, 0.5) is 0 Å². The zero-order chi connectivity index (χ0) is 14.8. The van der Waals surface area contributed by atoms with Gasteiger partial charge >= 0.3 is 0 Å². The molecule has 0 radical (unpaired) electrons. The highest BCUT2D eigenvalue weighted by Gasteiger charge is 2.11. The van der Waals surface area contributed by atoms with Crippen LogP contribution in [0, 0.1) is 0 Å². The normalized spacial score (nSPS) is 11.1. The number of nitrogens with zero attached hydrogens (tertiary/aromatic N) is 4. The van der Waals surface area contributed by atoms with Crippen molar-refractivity contribution in [1.29, 1.82) is 0 Å². The van der Waals surface area contributed by atoms with Crippen LogP contribution in [0.2, 0.25) is 0 Å². The van der Waals surface area contributed by atoms with Crippen LogP contribution < -0.4 is 5.11 Å². The van der Waals surface area contributed by atoms with Crippen molar-refractivity contribution < 1.29 is 9.90 Å². The van der Waals surface area contributed by atoms with E-state index in [1.807, 2.05) is 6.92 Å². The highest BCUT2D eigenvalue weighted by atomic mass is 32.2. The number of imidazole rings is 1. The van der Waals surface area contributed by atoms with Gasteiger partial charge in [0.2, 0.25) is 0 Å². The number of nitrogens with one attached hydrogen (secondary N) is 1. The Hall–Kier alpha value is -2.35. The molecule has 1 N–H and O–H groups in total. The molecule has 108 valence electrons. The highest BCUT2D eigenvalue weighted by Crippen LogP contribution is 2.23. The topological polar surface area (TPSA) is 99.5 Å². The van der Waals surface area contributed by atoms with E-state index in [0.717, 1.165) is 23.0 Å². The Bertz CT molecular complexity index is 781. The molecule has 0 amide bonds. The molecule has 2 heterocycles. The SMILES string of the molecule is CCn1c(CSc2ncn[nH]2)nc2cc(C(=O)[O-])ccc21. The van der Waals surface area contributed by atoms with E-state index in [2.05, 4.69) is 24.7 Å². The summed E-state index contributed by atoms with van der Waals surface area (Å²) in [5.41, 5.74) is 1.71. The molecule has 0 atom stereocenters. The molecule has 21 heavy (non-hydrogen) atoms. The third-order valence-corrected chi connectivity index (χ3v) is 3.98. The number of hydrogen-bond donors (Lipinski definition) is 1. The Morgan fingerprint density at radius 1 is 1.48 bits per heavy atom. The first-order chi connectivity index (χ1) is 10.2. The van der Waals surface area contributed by atoms with Crippen molar-refractivity contribution >= 4 is 28.8 Å². The zero-order valence-electron chi connectivity index (χ0n) is 11.2. The lowest BCUT2D eigenvalue weighted by molar-refractivity contribution is -0.255. The van der Waals surface area contributed by atoms with Gasteiger partial charge in [0.1, 0.15) is 12.2 Å². The summed E-state index contributed by atoms with van der Waals surface area (Å²) in [6.45, 7) is 2.78. The number of aromatic carboxylic acids is 1. The quantitative estimate of drug-likeness (QED) is 0.701. The van der Waals surface area contributed by atoms with Gasteiger partial charge in [-0.2, -0.15) is 5.10 Å². The number of rotatable bonds is 5. The minimum Gasteiger partial charge on any atom is -0.545 e. The van der Waals surface area contributed by atoms with Crippen molar-refractivity contribution in [3.8, 4) is 0 Å². The Kier molecular flexibility index (Phi) is 3.61. The molecule has 0 aliphatic heterocycles. The first-order valence-corrected chi connectivity index (χ1v) is 7.36. The molecule has 3 aromatic rings. The van der Waals surface area contributed by atoms with Crippen LogP contribution in [0.1, 0.15) is 23.1 Å². The fourth-order valence-corrected chi connectivity index (χ4v) is 2.89. The van der Waals surface area contributed by atoms with Gasteiger partial charge in [-0.15, -0.1) is 0 Å². The Morgan fingerprint density at radius 2 is 2.33 bits per heavy atom. The molecule has 1 aromatic carbocycles. The van der Waals surface area contributed by atoms with Crippen LogP contribution in [0.15, 0.2) is 29.7 Å². The van der Waals surface area contributed by atoms with Crippen LogP contribution in [0.3, 0.4) is 0 Å². The first kappa shape index (κ1) is 13.6. The number of carbonyl (C=O) groups excluding carboxylic acids is 1. The average molecular weight is 302 g/mol. The molecule has 0 aliphatic carbocycles. The van der Waals surface area contributed by atoms with Gasteiger partial charge in [0, 0.05) is 6.54 Å². The molecule has 0 saturated carbocycles. The van der Waals surface area contributed by atoms with Gasteiger partial charge in [0.15, 0.2) is 5.16 Å². The summed E-state index contributed by atoms with van der Waals surface area (Å²) in [6.07, 6.45) is 1.46. The van der Waals surface area contributed by atoms with E-state index in [0.29, 0.717) is 11.3 Å². The van der Waals surface area contributed by atoms with Gasteiger partial charge in [-0.3, -0.25) is 5.10 Å². The van der Waals surface area contributed by atoms with Gasteiger partial charge in [0.25, 0.3) is 0 Å². The standard InChI is InChI=1S/C13H13N5O2S/c1-2-18-10-4-3-8(12(19)20)5-9(10)16-11(18)6-21-13-14-7-15-17-13/h3-5,7H,2,6H2,1H3,(H,19,20)(H,14,15,17)/p-1. The summed E-state index contributed by atoms with van der Waals surface area (Å²) in [7, 11) is 0.